The van der Waals surface area contributed by atoms with Gasteiger partial charge in [0, 0.05) is 31.7 Å². The average molecular weight is 320 g/mol. The fourth-order valence-corrected chi connectivity index (χ4v) is 2.84. The highest BCUT2D eigenvalue weighted by Crippen LogP contribution is 2.23. The van der Waals surface area contributed by atoms with E-state index in [1.165, 1.54) is 0 Å². The summed E-state index contributed by atoms with van der Waals surface area (Å²) >= 11 is 0. The number of hydrogen-bond acceptors (Lipinski definition) is 4. The number of primary amides is 1. The SMILES string of the molecule is COCCOc1cccc(C(=O)N2CCCCC2CC(N)=O)c1. The first kappa shape index (κ1) is 17.3. The monoisotopic (exact) mass is 320 g/mol. The summed E-state index contributed by atoms with van der Waals surface area (Å²) in [7, 11) is 1.61. The molecule has 1 saturated heterocycles. The minimum absolute atomic E-state index is 0.0758. The Morgan fingerprint density at radius 1 is 1.30 bits per heavy atom. The molecule has 2 amide bonds. The highest BCUT2D eigenvalue weighted by Gasteiger charge is 2.28. The van der Waals surface area contributed by atoms with E-state index in [2.05, 4.69) is 0 Å². The molecule has 0 radical (unpaired) electrons. The van der Waals surface area contributed by atoms with Crippen molar-refractivity contribution < 1.29 is 19.1 Å². The van der Waals surface area contributed by atoms with Crippen LogP contribution in [0.15, 0.2) is 24.3 Å². The van der Waals surface area contributed by atoms with E-state index in [9.17, 15) is 9.59 Å². The van der Waals surface area contributed by atoms with Crippen molar-refractivity contribution in [1.82, 2.24) is 4.90 Å². The van der Waals surface area contributed by atoms with Gasteiger partial charge in [-0.2, -0.15) is 0 Å². The van der Waals surface area contributed by atoms with Gasteiger partial charge in [-0.1, -0.05) is 6.07 Å². The van der Waals surface area contributed by atoms with Crippen LogP contribution in [0.1, 0.15) is 36.0 Å². The summed E-state index contributed by atoms with van der Waals surface area (Å²) in [5, 5.41) is 0. The molecule has 1 atom stereocenters. The maximum atomic E-state index is 12.8. The van der Waals surface area contributed by atoms with E-state index >= 15 is 0 Å². The zero-order chi connectivity index (χ0) is 16.7. The molecule has 6 heteroatoms. The van der Waals surface area contributed by atoms with Crippen LogP contribution in [0.3, 0.4) is 0 Å². The summed E-state index contributed by atoms with van der Waals surface area (Å²) in [6, 6.07) is 6.99. The maximum absolute atomic E-state index is 12.8. The number of nitrogens with zero attached hydrogens (tertiary/aromatic N) is 1. The van der Waals surface area contributed by atoms with Crippen LogP contribution in [0, 0.1) is 0 Å². The van der Waals surface area contributed by atoms with Crippen molar-refractivity contribution in [2.45, 2.75) is 31.7 Å². The van der Waals surface area contributed by atoms with Crippen molar-refractivity contribution in [2.24, 2.45) is 5.73 Å². The van der Waals surface area contributed by atoms with Crippen molar-refractivity contribution in [2.75, 3.05) is 26.9 Å². The van der Waals surface area contributed by atoms with Gasteiger partial charge in [0.1, 0.15) is 12.4 Å². The number of hydrogen-bond donors (Lipinski definition) is 1. The van der Waals surface area contributed by atoms with Gasteiger partial charge in [0.15, 0.2) is 0 Å². The van der Waals surface area contributed by atoms with Crippen LogP contribution in [0.25, 0.3) is 0 Å². The second kappa shape index (κ2) is 8.53. The van der Waals surface area contributed by atoms with Crippen molar-refractivity contribution in [3.05, 3.63) is 29.8 Å². The third-order valence-electron chi connectivity index (χ3n) is 3.96. The van der Waals surface area contributed by atoms with Gasteiger partial charge < -0.3 is 20.1 Å². The highest BCUT2D eigenvalue weighted by atomic mass is 16.5. The number of carbonyl (C=O) groups is 2. The molecule has 2 N–H and O–H groups in total. The number of likely N-dealkylation sites (tertiary alicyclic amines) is 1. The number of nitrogens with two attached hydrogens (primary N) is 1. The molecule has 126 valence electrons. The van der Waals surface area contributed by atoms with Gasteiger partial charge in [-0.15, -0.1) is 0 Å². The van der Waals surface area contributed by atoms with Crippen molar-refractivity contribution in [3.8, 4) is 5.75 Å². The van der Waals surface area contributed by atoms with Crippen molar-refractivity contribution in [1.29, 1.82) is 0 Å². The number of rotatable bonds is 7. The van der Waals surface area contributed by atoms with Crippen LogP contribution in [0.5, 0.6) is 5.75 Å². The van der Waals surface area contributed by atoms with Gasteiger partial charge in [0.25, 0.3) is 5.91 Å². The summed E-state index contributed by atoms with van der Waals surface area (Å²) in [5.41, 5.74) is 5.87. The number of amides is 2. The number of benzene rings is 1. The van der Waals surface area contributed by atoms with Gasteiger partial charge >= 0.3 is 0 Å². The van der Waals surface area contributed by atoms with Gasteiger partial charge in [0.05, 0.1) is 6.61 Å². The molecule has 0 saturated carbocycles. The standard InChI is InChI=1S/C17H24N2O4/c1-22-9-10-23-15-7-4-5-13(11-15)17(21)19-8-3-2-6-14(19)12-16(18)20/h4-5,7,11,14H,2-3,6,8-10,12H2,1H3,(H2,18,20). The summed E-state index contributed by atoms with van der Waals surface area (Å²) in [6.45, 7) is 1.58. The molecule has 1 aromatic carbocycles. The Labute approximate surface area is 136 Å². The van der Waals surface area contributed by atoms with Gasteiger partial charge in [-0.05, 0) is 37.5 Å². The van der Waals surface area contributed by atoms with E-state index < -0.39 is 0 Å². The van der Waals surface area contributed by atoms with Crippen molar-refractivity contribution in [3.63, 3.8) is 0 Å². The highest BCUT2D eigenvalue weighted by molar-refractivity contribution is 5.95. The summed E-state index contributed by atoms with van der Waals surface area (Å²) in [4.78, 5) is 25.8. The zero-order valence-corrected chi connectivity index (χ0v) is 13.5. The van der Waals surface area contributed by atoms with Gasteiger partial charge in [0.2, 0.25) is 5.91 Å². The first-order valence-electron chi connectivity index (χ1n) is 7.93. The van der Waals surface area contributed by atoms with Gasteiger partial charge in [-0.3, -0.25) is 9.59 Å². The Hall–Kier alpha value is -2.08. The molecule has 1 aromatic rings. The van der Waals surface area contributed by atoms with Crippen LogP contribution in [0.2, 0.25) is 0 Å². The second-order valence-corrected chi connectivity index (χ2v) is 5.69. The quantitative estimate of drug-likeness (QED) is 0.773. The predicted molar refractivity (Wildman–Crippen MR) is 86.3 cm³/mol. The molecular formula is C17H24N2O4. The van der Waals surface area contributed by atoms with E-state index in [1.807, 2.05) is 6.07 Å². The Balaban J connectivity index is 2.08. The minimum Gasteiger partial charge on any atom is -0.491 e. The third-order valence-corrected chi connectivity index (χ3v) is 3.96. The van der Waals surface area contributed by atoms with E-state index in [0.717, 1.165) is 19.3 Å². The number of carbonyl (C=O) groups excluding carboxylic acids is 2. The molecule has 1 heterocycles. The van der Waals surface area contributed by atoms with Crippen molar-refractivity contribution >= 4 is 11.8 Å². The lowest BCUT2D eigenvalue weighted by Crippen LogP contribution is -2.45. The van der Waals surface area contributed by atoms with Crippen LogP contribution < -0.4 is 10.5 Å². The summed E-state index contributed by atoms with van der Waals surface area (Å²) < 4.78 is 10.5. The molecule has 1 aliphatic heterocycles. The Kier molecular flexibility index (Phi) is 6.40. The van der Waals surface area contributed by atoms with Crippen LogP contribution >= 0.6 is 0 Å². The first-order valence-corrected chi connectivity index (χ1v) is 7.93. The summed E-state index contributed by atoms with van der Waals surface area (Å²) in [6.07, 6.45) is 3.00. The zero-order valence-electron chi connectivity index (χ0n) is 13.5. The third kappa shape index (κ3) is 4.96. The average Bonchev–Trinajstić information content (AvgIpc) is 2.55. The largest absolute Gasteiger partial charge is 0.491 e. The van der Waals surface area contributed by atoms with E-state index in [1.54, 1.807) is 30.2 Å². The second-order valence-electron chi connectivity index (χ2n) is 5.69. The van der Waals surface area contributed by atoms with E-state index in [0.29, 0.717) is 31.1 Å². The minimum atomic E-state index is -0.369. The Morgan fingerprint density at radius 3 is 2.87 bits per heavy atom. The molecule has 1 fully saturated rings. The molecule has 0 aromatic heterocycles. The van der Waals surface area contributed by atoms with Gasteiger partial charge in [-0.25, -0.2) is 0 Å². The van der Waals surface area contributed by atoms with Crippen LogP contribution in [0.4, 0.5) is 0 Å². The number of piperidine rings is 1. The van der Waals surface area contributed by atoms with E-state index in [4.69, 9.17) is 15.2 Å². The maximum Gasteiger partial charge on any atom is 0.254 e. The fraction of sp³-hybridized carbons (Fsp3) is 0.529. The molecule has 0 aliphatic carbocycles. The Morgan fingerprint density at radius 2 is 2.13 bits per heavy atom. The first-order chi connectivity index (χ1) is 11.1. The van der Waals surface area contributed by atoms with Crippen LogP contribution in [-0.4, -0.2) is 49.6 Å². The number of ether oxygens (including phenoxy) is 2. The normalized spacial score (nSPS) is 17.8. The molecule has 23 heavy (non-hydrogen) atoms. The lowest BCUT2D eigenvalue weighted by Gasteiger charge is -2.35. The van der Waals surface area contributed by atoms with Crippen LogP contribution in [-0.2, 0) is 9.53 Å². The lowest BCUT2D eigenvalue weighted by atomic mass is 9.98. The molecule has 0 spiro atoms. The Bertz CT molecular complexity index is 547. The summed E-state index contributed by atoms with van der Waals surface area (Å²) in [5.74, 6) is 0.191. The molecule has 6 nitrogen and oxygen atoms in total. The molecule has 0 bridgehead atoms. The number of methoxy groups -OCH3 is 1. The lowest BCUT2D eigenvalue weighted by molar-refractivity contribution is -0.119. The molecule has 1 unspecified atom stereocenters. The molecular weight excluding hydrogens is 296 g/mol. The molecule has 2 rings (SSSR count). The van der Waals surface area contributed by atoms with E-state index in [-0.39, 0.29) is 24.3 Å². The topological polar surface area (TPSA) is 81.9 Å². The fourth-order valence-electron chi connectivity index (χ4n) is 2.84. The predicted octanol–water partition coefficient (Wildman–Crippen LogP) is 1.58. The smallest absolute Gasteiger partial charge is 0.254 e. The molecule has 1 aliphatic rings.